The van der Waals surface area contributed by atoms with E-state index in [-0.39, 0.29) is 5.97 Å². The molecule has 0 amide bonds. The van der Waals surface area contributed by atoms with Crippen LogP contribution in [0.4, 0.5) is 5.69 Å². The molecular weight excluding hydrogens is 328 g/mol. The molecule has 0 aliphatic carbocycles. The van der Waals surface area contributed by atoms with Crippen molar-refractivity contribution in [1.82, 2.24) is 0 Å². The van der Waals surface area contributed by atoms with Gasteiger partial charge in [-0.15, -0.1) is 0 Å². The van der Waals surface area contributed by atoms with E-state index in [0.717, 1.165) is 38.5 Å². The predicted octanol–water partition coefficient (Wildman–Crippen LogP) is 1.78. The van der Waals surface area contributed by atoms with Gasteiger partial charge < -0.3 is 19.3 Å². The molecule has 1 heterocycles. The lowest BCUT2D eigenvalue weighted by Gasteiger charge is -2.34. The Morgan fingerprint density at radius 2 is 1.77 bits per heavy atom. The normalized spacial score (nSPS) is 14.9. The van der Waals surface area contributed by atoms with Crippen molar-refractivity contribution in [2.45, 2.75) is 13.5 Å². The molecular formula is C21H27N2O3+. The molecule has 0 radical (unpaired) electrons. The van der Waals surface area contributed by atoms with Gasteiger partial charge in [0.25, 0.3) is 0 Å². The maximum absolute atomic E-state index is 11.5. The van der Waals surface area contributed by atoms with Gasteiger partial charge in [0.15, 0.2) is 0 Å². The van der Waals surface area contributed by atoms with Crippen LogP contribution in [-0.2, 0) is 11.3 Å². The van der Waals surface area contributed by atoms with Gasteiger partial charge in [-0.3, -0.25) is 0 Å². The first kappa shape index (κ1) is 18.3. The molecule has 1 N–H and O–H groups in total. The second-order valence-electron chi connectivity index (χ2n) is 6.50. The van der Waals surface area contributed by atoms with E-state index in [0.29, 0.717) is 12.2 Å². The zero-order valence-electron chi connectivity index (χ0n) is 15.5. The summed E-state index contributed by atoms with van der Waals surface area (Å²) in [6.45, 7) is 7.87. The summed E-state index contributed by atoms with van der Waals surface area (Å²) >= 11 is 0. The first-order chi connectivity index (χ1) is 12.7. The summed E-state index contributed by atoms with van der Waals surface area (Å²) in [7, 11) is 1.41. The number of para-hydroxylation sites is 2. The predicted molar refractivity (Wildman–Crippen MR) is 102 cm³/mol. The van der Waals surface area contributed by atoms with Crippen molar-refractivity contribution < 1.29 is 19.2 Å². The summed E-state index contributed by atoms with van der Waals surface area (Å²) < 4.78 is 10.5. The van der Waals surface area contributed by atoms with E-state index in [4.69, 9.17) is 9.47 Å². The quantitative estimate of drug-likeness (QED) is 0.802. The number of methoxy groups -OCH3 is 1. The molecule has 0 unspecified atom stereocenters. The number of ether oxygens (including phenoxy) is 2. The Morgan fingerprint density at radius 1 is 1.08 bits per heavy atom. The molecule has 0 atom stereocenters. The second-order valence-corrected chi connectivity index (χ2v) is 6.50. The Morgan fingerprint density at radius 3 is 2.42 bits per heavy atom. The number of nitrogens with one attached hydrogen (secondary N) is 1. The topological polar surface area (TPSA) is 43.2 Å². The third-order valence-corrected chi connectivity index (χ3v) is 4.81. The summed E-state index contributed by atoms with van der Waals surface area (Å²) in [5, 5.41) is 0. The van der Waals surface area contributed by atoms with Gasteiger partial charge in [-0.05, 0) is 31.2 Å². The number of hydrogen-bond donors (Lipinski definition) is 1. The highest BCUT2D eigenvalue weighted by atomic mass is 16.5. The number of piperazine rings is 1. The molecule has 2 aromatic rings. The van der Waals surface area contributed by atoms with E-state index in [1.807, 2.05) is 43.3 Å². The van der Waals surface area contributed by atoms with E-state index < -0.39 is 0 Å². The van der Waals surface area contributed by atoms with Crippen molar-refractivity contribution in [2.24, 2.45) is 0 Å². The Labute approximate surface area is 155 Å². The smallest absolute Gasteiger partial charge is 0.337 e. The van der Waals surface area contributed by atoms with Gasteiger partial charge in [0.05, 0.1) is 51.1 Å². The number of quaternary nitrogens is 1. The zero-order valence-corrected chi connectivity index (χ0v) is 15.5. The molecule has 5 heteroatoms. The van der Waals surface area contributed by atoms with Crippen LogP contribution in [0.25, 0.3) is 0 Å². The number of anilines is 1. The van der Waals surface area contributed by atoms with Crippen LogP contribution in [0.3, 0.4) is 0 Å². The molecule has 0 spiro atoms. The van der Waals surface area contributed by atoms with Crippen LogP contribution < -0.4 is 14.5 Å². The summed E-state index contributed by atoms with van der Waals surface area (Å²) in [4.78, 5) is 15.5. The van der Waals surface area contributed by atoms with E-state index >= 15 is 0 Å². The summed E-state index contributed by atoms with van der Waals surface area (Å²) in [5.41, 5.74) is 3.04. The Kier molecular flexibility index (Phi) is 6.12. The molecule has 3 rings (SSSR count). The highest BCUT2D eigenvalue weighted by Gasteiger charge is 2.22. The molecule has 5 nitrogen and oxygen atoms in total. The van der Waals surface area contributed by atoms with Crippen LogP contribution >= 0.6 is 0 Å². The summed E-state index contributed by atoms with van der Waals surface area (Å²) in [6.07, 6.45) is 0. The number of rotatable bonds is 6. The number of nitrogens with zero attached hydrogens (tertiary/aromatic N) is 1. The van der Waals surface area contributed by atoms with Crippen LogP contribution in [0.1, 0.15) is 22.8 Å². The minimum absolute atomic E-state index is 0.287. The Hall–Kier alpha value is -2.53. The summed E-state index contributed by atoms with van der Waals surface area (Å²) in [5.74, 6) is 0.683. The molecule has 1 aliphatic heterocycles. The van der Waals surface area contributed by atoms with Crippen molar-refractivity contribution in [3.05, 3.63) is 59.7 Å². The first-order valence-electron chi connectivity index (χ1n) is 9.19. The number of benzene rings is 2. The lowest BCUT2D eigenvalue weighted by Crippen LogP contribution is -3.13. The lowest BCUT2D eigenvalue weighted by atomic mass is 10.1. The maximum atomic E-state index is 11.5. The van der Waals surface area contributed by atoms with Gasteiger partial charge in [0.1, 0.15) is 12.3 Å². The van der Waals surface area contributed by atoms with Crippen LogP contribution in [-0.4, -0.2) is 45.9 Å². The Bertz CT molecular complexity index is 722. The second kappa shape index (κ2) is 8.72. The van der Waals surface area contributed by atoms with Crippen LogP contribution in [0.2, 0.25) is 0 Å². The fourth-order valence-corrected chi connectivity index (χ4v) is 3.40. The number of esters is 1. The SMILES string of the molecule is CCOc1ccccc1N1CC[NH+](Cc2ccc(C(=O)OC)cc2)CC1. The number of hydrogen-bond acceptors (Lipinski definition) is 4. The highest BCUT2D eigenvalue weighted by Crippen LogP contribution is 2.27. The fourth-order valence-electron chi connectivity index (χ4n) is 3.40. The molecule has 26 heavy (non-hydrogen) atoms. The number of carbonyl (C=O) groups is 1. The zero-order chi connectivity index (χ0) is 18.4. The molecule has 138 valence electrons. The van der Waals surface area contributed by atoms with Crippen LogP contribution in [0, 0.1) is 0 Å². The van der Waals surface area contributed by atoms with Gasteiger partial charge in [-0.1, -0.05) is 24.3 Å². The van der Waals surface area contributed by atoms with Gasteiger partial charge in [0, 0.05) is 5.56 Å². The highest BCUT2D eigenvalue weighted by molar-refractivity contribution is 5.89. The molecule has 0 saturated carbocycles. The van der Waals surface area contributed by atoms with Gasteiger partial charge in [-0.25, -0.2) is 4.79 Å². The van der Waals surface area contributed by atoms with Crippen LogP contribution in [0.5, 0.6) is 5.75 Å². The Balaban J connectivity index is 1.56. The van der Waals surface area contributed by atoms with Gasteiger partial charge >= 0.3 is 5.97 Å². The molecule has 1 aliphatic rings. The van der Waals surface area contributed by atoms with Crippen molar-refractivity contribution in [1.29, 1.82) is 0 Å². The van der Waals surface area contributed by atoms with Crippen molar-refractivity contribution >= 4 is 11.7 Å². The monoisotopic (exact) mass is 355 g/mol. The maximum Gasteiger partial charge on any atom is 0.337 e. The minimum atomic E-state index is -0.287. The van der Waals surface area contributed by atoms with Crippen molar-refractivity contribution in [3.63, 3.8) is 0 Å². The average molecular weight is 355 g/mol. The number of carbonyl (C=O) groups excluding carboxylic acids is 1. The lowest BCUT2D eigenvalue weighted by molar-refractivity contribution is -0.914. The van der Waals surface area contributed by atoms with Crippen LogP contribution in [0.15, 0.2) is 48.5 Å². The standard InChI is InChI=1S/C21H26N2O3/c1-3-26-20-7-5-4-6-19(20)23-14-12-22(13-15-23)16-17-8-10-18(11-9-17)21(24)25-2/h4-11H,3,12-16H2,1-2H3/p+1. The van der Waals surface area contributed by atoms with E-state index in [1.165, 1.54) is 18.4 Å². The molecule has 1 fully saturated rings. The molecule has 0 aromatic heterocycles. The molecule has 2 aromatic carbocycles. The fraction of sp³-hybridized carbons (Fsp3) is 0.381. The third-order valence-electron chi connectivity index (χ3n) is 4.81. The van der Waals surface area contributed by atoms with Gasteiger partial charge in [-0.2, -0.15) is 0 Å². The van der Waals surface area contributed by atoms with Gasteiger partial charge in [0.2, 0.25) is 0 Å². The largest absolute Gasteiger partial charge is 0.492 e. The van der Waals surface area contributed by atoms with E-state index in [1.54, 1.807) is 4.90 Å². The average Bonchev–Trinajstić information content (AvgIpc) is 2.69. The van der Waals surface area contributed by atoms with Crippen molar-refractivity contribution in [3.8, 4) is 5.75 Å². The van der Waals surface area contributed by atoms with E-state index in [2.05, 4.69) is 17.0 Å². The molecule has 1 saturated heterocycles. The van der Waals surface area contributed by atoms with E-state index in [9.17, 15) is 4.79 Å². The summed E-state index contributed by atoms with van der Waals surface area (Å²) in [6, 6.07) is 16.0. The molecule has 0 bridgehead atoms. The minimum Gasteiger partial charge on any atom is -0.492 e. The third kappa shape index (κ3) is 4.35. The first-order valence-corrected chi connectivity index (χ1v) is 9.19. The van der Waals surface area contributed by atoms with Crippen molar-refractivity contribution in [2.75, 3.05) is 44.8 Å².